The van der Waals surface area contributed by atoms with Crippen LogP contribution >= 0.6 is 0 Å². The first-order valence-corrected chi connectivity index (χ1v) is 8.46. The summed E-state index contributed by atoms with van der Waals surface area (Å²) in [5, 5.41) is 3.21. The Labute approximate surface area is 130 Å². The number of rotatable bonds is 6. The molecule has 0 aromatic heterocycles. The lowest BCUT2D eigenvalue weighted by atomic mass is 9.93. The molecule has 1 fully saturated rings. The van der Waals surface area contributed by atoms with Gasteiger partial charge in [0, 0.05) is 31.1 Å². The molecule has 0 radical (unpaired) electrons. The van der Waals surface area contributed by atoms with E-state index >= 15 is 0 Å². The largest absolute Gasteiger partial charge is 0.353 e. The van der Waals surface area contributed by atoms with Crippen LogP contribution in [0.1, 0.15) is 60.3 Å². The Balaban J connectivity index is 2.33. The van der Waals surface area contributed by atoms with Gasteiger partial charge in [0.25, 0.3) is 0 Å². The second kappa shape index (κ2) is 8.14. The van der Waals surface area contributed by atoms with E-state index in [-0.39, 0.29) is 11.4 Å². The summed E-state index contributed by atoms with van der Waals surface area (Å²) >= 11 is 0. The Morgan fingerprint density at radius 3 is 2.29 bits per heavy atom. The summed E-state index contributed by atoms with van der Waals surface area (Å²) in [7, 11) is 0. The molecular formula is C17H35N3O. The predicted octanol–water partition coefficient (Wildman–Crippen LogP) is 2.38. The average molecular weight is 297 g/mol. The lowest BCUT2D eigenvalue weighted by Crippen LogP contribution is -2.51. The third-order valence-electron chi connectivity index (χ3n) is 4.42. The van der Waals surface area contributed by atoms with Crippen molar-refractivity contribution in [3.05, 3.63) is 0 Å². The van der Waals surface area contributed by atoms with Crippen molar-refractivity contribution in [3.63, 3.8) is 0 Å². The van der Waals surface area contributed by atoms with E-state index in [1.165, 1.54) is 0 Å². The van der Waals surface area contributed by atoms with Crippen molar-refractivity contribution >= 4 is 5.91 Å². The Hall–Kier alpha value is -0.610. The Morgan fingerprint density at radius 1 is 1.29 bits per heavy atom. The quantitative estimate of drug-likeness (QED) is 0.791. The maximum Gasteiger partial charge on any atom is 0.220 e. The molecule has 0 aromatic rings. The fraction of sp³-hybridized carbons (Fsp3) is 0.941. The van der Waals surface area contributed by atoms with Crippen molar-refractivity contribution in [1.29, 1.82) is 0 Å². The lowest BCUT2D eigenvalue weighted by molar-refractivity contribution is -0.123. The van der Waals surface area contributed by atoms with Crippen molar-refractivity contribution in [2.75, 3.05) is 19.6 Å². The van der Waals surface area contributed by atoms with Gasteiger partial charge in [0.15, 0.2) is 0 Å². The summed E-state index contributed by atoms with van der Waals surface area (Å²) in [4.78, 5) is 14.7. The van der Waals surface area contributed by atoms with Gasteiger partial charge in [0.1, 0.15) is 0 Å². The van der Waals surface area contributed by atoms with E-state index in [1.807, 2.05) is 0 Å². The summed E-state index contributed by atoms with van der Waals surface area (Å²) in [6, 6.07) is 0.341. The molecule has 124 valence electrons. The zero-order valence-corrected chi connectivity index (χ0v) is 14.6. The van der Waals surface area contributed by atoms with Crippen molar-refractivity contribution in [2.45, 2.75) is 71.9 Å². The monoisotopic (exact) mass is 297 g/mol. The van der Waals surface area contributed by atoms with Crippen molar-refractivity contribution in [2.24, 2.45) is 17.6 Å². The van der Waals surface area contributed by atoms with Gasteiger partial charge in [-0.15, -0.1) is 0 Å². The van der Waals surface area contributed by atoms with Crippen molar-refractivity contribution in [1.82, 2.24) is 10.2 Å². The van der Waals surface area contributed by atoms with Crippen LogP contribution in [0, 0.1) is 11.8 Å². The molecule has 1 atom stereocenters. The Morgan fingerprint density at radius 2 is 1.86 bits per heavy atom. The second-order valence-electron chi connectivity index (χ2n) is 7.94. The molecule has 1 rings (SSSR count). The van der Waals surface area contributed by atoms with E-state index < -0.39 is 0 Å². The molecule has 1 aliphatic heterocycles. The first-order valence-electron chi connectivity index (χ1n) is 8.46. The molecule has 0 spiro atoms. The number of amides is 1. The minimum Gasteiger partial charge on any atom is -0.353 e. The van der Waals surface area contributed by atoms with Crippen LogP contribution in [-0.2, 0) is 4.79 Å². The van der Waals surface area contributed by atoms with Gasteiger partial charge in [-0.3, -0.25) is 9.69 Å². The van der Waals surface area contributed by atoms with Crippen LogP contribution in [-0.4, -0.2) is 42.0 Å². The van der Waals surface area contributed by atoms with E-state index in [9.17, 15) is 4.79 Å². The molecule has 1 aliphatic rings. The van der Waals surface area contributed by atoms with Crippen LogP contribution in [0.25, 0.3) is 0 Å². The van der Waals surface area contributed by atoms with Crippen molar-refractivity contribution in [3.8, 4) is 0 Å². The molecule has 1 saturated heterocycles. The number of nitrogens with zero attached hydrogens (tertiary/aromatic N) is 1. The van der Waals surface area contributed by atoms with Gasteiger partial charge in [-0.2, -0.15) is 0 Å². The van der Waals surface area contributed by atoms with Crippen molar-refractivity contribution < 1.29 is 4.79 Å². The topological polar surface area (TPSA) is 58.4 Å². The van der Waals surface area contributed by atoms with E-state index in [4.69, 9.17) is 5.73 Å². The molecule has 0 saturated carbocycles. The molecule has 0 aliphatic carbocycles. The fourth-order valence-corrected chi connectivity index (χ4v) is 3.17. The van der Waals surface area contributed by atoms with Crippen LogP contribution in [0.5, 0.6) is 0 Å². The molecule has 0 unspecified atom stereocenters. The summed E-state index contributed by atoms with van der Waals surface area (Å²) in [6.07, 6.45) is 3.72. The number of piperidine rings is 1. The van der Waals surface area contributed by atoms with Gasteiger partial charge < -0.3 is 11.1 Å². The third kappa shape index (κ3) is 6.79. The molecule has 4 heteroatoms. The molecule has 21 heavy (non-hydrogen) atoms. The van der Waals surface area contributed by atoms with Gasteiger partial charge in [-0.05, 0) is 58.4 Å². The van der Waals surface area contributed by atoms with Gasteiger partial charge in [0.05, 0.1) is 0 Å². The first kappa shape index (κ1) is 18.4. The molecule has 1 amide bonds. The number of nitrogens with two attached hydrogens (primary N) is 1. The second-order valence-corrected chi connectivity index (χ2v) is 7.94. The highest BCUT2D eigenvalue weighted by atomic mass is 16.1. The standard InChI is InChI=1S/C17H35N3O/c1-13(2)10-14(12-18)11-16(21)19-15-6-8-20(9-7-15)17(3,4)5/h13-15H,6-12,18H2,1-5H3,(H,19,21)/t14-/m0/s1. The third-order valence-corrected chi connectivity index (χ3v) is 4.42. The summed E-state index contributed by atoms with van der Waals surface area (Å²) in [6.45, 7) is 13.9. The number of carbonyl (C=O) groups is 1. The van der Waals surface area contributed by atoms with Gasteiger partial charge >= 0.3 is 0 Å². The number of hydrogen-bond donors (Lipinski definition) is 2. The summed E-state index contributed by atoms with van der Waals surface area (Å²) < 4.78 is 0. The number of hydrogen-bond acceptors (Lipinski definition) is 3. The SMILES string of the molecule is CC(C)C[C@H](CN)CC(=O)NC1CCN(C(C)(C)C)CC1. The summed E-state index contributed by atoms with van der Waals surface area (Å²) in [5.41, 5.74) is 6.01. The van der Waals surface area contributed by atoms with Gasteiger partial charge in [-0.25, -0.2) is 0 Å². The van der Waals surface area contributed by atoms with Crippen LogP contribution in [0.3, 0.4) is 0 Å². The highest BCUT2D eigenvalue weighted by Gasteiger charge is 2.27. The average Bonchev–Trinajstić information content (AvgIpc) is 2.36. The van der Waals surface area contributed by atoms with Crippen LogP contribution in [0.2, 0.25) is 0 Å². The highest BCUT2D eigenvalue weighted by molar-refractivity contribution is 5.76. The molecule has 3 N–H and O–H groups in total. The van der Waals surface area contributed by atoms with E-state index in [0.29, 0.717) is 30.8 Å². The van der Waals surface area contributed by atoms with E-state index in [0.717, 1.165) is 32.4 Å². The van der Waals surface area contributed by atoms with Crippen LogP contribution in [0.15, 0.2) is 0 Å². The Kier molecular flexibility index (Phi) is 7.14. The minimum absolute atomic E-state index is 0.181. The number of likely N-dealkylation sites (tertiary alicyclic amines) is 1. The first-order chi connectivity index (χ1) is 9.72. The van der Waals surface area contributed by atoms with Crippen LogP contribution in [0.4, 0.5) is 0 Å². The minimum atomic E-state index is 0.181. The molecule has 1 heterocycles. The van der Waals surface area contributed by atoms with Gasteiger partial charge in [-0.1, -0.05) is 13.8 Å². The smallest absolute Gasteiger partial charge is 0.220 e. The number of nitrogens with one attached hydrogen (secondary N) is 1. The zero-order valence-electron chi connectivity index (χ0n) is 14.6. The fourth-order valence-electron chi connectivity index (χ4n) is 3.17. The summed E-state index contributed by atoms with van der Waals surface area (Å²) in [5.74, 6) is 1.10. The van der Waals surface area contributed by atoms with Gasteiger partial charge in [0.2, 0.25) is 5.91 Å². The van der Waals surface area contributed by atoms with E-state index in [2.05, 4.69) is 44.8 Å². The Bertz CT molecular complexity index is 314. The number of carbonyl (C=O) groups excluding carboxylic acids is 1. The highest BCUT2D eigenvalue weighted by Crippen LogP contribution is 2.20. The van der Waals surface area contributed by atoms with E-state index in [1.54, 1.807) is 0 Å². The maximum atomic E-state index is 12.2. The molecule has 4 nitrogen and oxygen atoms in total. The predicted molar refractivity (Wildman–Crippen MR) is 89.1 cm³/mol. The lowest BCUT2D eigenvalue weighted by Gasteiger charge is -2.41. The van der Waals surface area contributed by atoms with Crippen LogP contribution < -0.4 is 11.1 Å². The molecular weight excluding hydrogens is 262 g/mol. The zero-order chi connectivity index (χ0) is 16.0. The normalized spacial score (nSPS) is 19.8. The maximum absolute atomic E-state index is 12.2. The molecule has 0 bridgehead atoms. The molecule has 0 aromatic carbocycles.